The third-order valence-corrected chi connectivity index (χ3v) is 4.62. The first-order valence-corrected chi connectivity index (χ1v) is 7.89. The molecule has 1 atom stereocenters. The molecule has 0 saturated carbocycles. The molecular formula is C15H19BrClN3. The van der Waals surface area contributed by atoms with Crippen molar-refractivity contribution in [1.82, 2.24) is 15.1 Å². The normalized spacial score (nSPS) is 12.7. The monoisotopic (exact) mass is 355 g/mol. The summed E-state index contributed by atoms with van der Waals surface area (Å²) in [5.74, 6) is 0. The first kappa shape index (κ1) is 15.5. The van der Waals surface area contributed by atoms with Crippen LogP contribution in [0.5, 0.6) is 0 Å². The first-order valence-electron chi connectivity index (χ1n) is 6.72. The highest BCUT2D eigenvalue weighted by Gasteiger charge is 2.13. The van der Waals surface area contributed by atoms with Gasteiger partial charge in [-0.2, -0.15) is 5.10 Å². The van der Waals surface area contributed by atoms with Gasteiger partial charge in [-0.25, -0.2) is 0 Å². The second-order valence-corrected chi connectivity index (χ2v) is 6.07. The van der Waals surface area contributed by atoms with E-state index < -0.39 is 0 Å². The minimum absolute atomic E-state index is 0.263. The molecule has 5 heteroatoms. The lowest BCUT2D eigenvalue weighted by Gasteiger charge is -2.14. The van der Waals surface area contributed by atoms with Gasteiger partial charge < -0.3 is 5.32 Å². The molecule has 0 amide bonds. The van der Waals surface area contributed by atoms with Crippen molar-refractivity contribution < 1.29 is 0 Å². The number of halogens is 2. The molecule has 3 nitrogen and oxygen atoms in total. The maximum absolute atomic E-state index is 5.91. The van der Waals surface area contributed by atoms with E-state index in [2.05, 4.69) is 52.3 Å². The number of aryl methyl sites for hydroxylation is 2. The summed E-state index contributed by atoms with van der Waals surface area (Å²) in [5, 5.41) is 8.79. The van der Waals surface area contributed by atoms with E-state index in [9.17, 15) is 0 Å². The van der Waals surface area contributed by atoms with Crippen LogP contribution in [0.15, 0.2) is 28.7 Å². The van der Waals surface area contributed by atoms with E-state index in [0.717, 1.165) is 28.2 Å². The summed E-state index contributed by atoms with van der Waals surface area (Å²) in [5.41, 5.74) is 3.49. The Morgan fingerprint density at radius 2 is 2.00 bits per heavy atom. The van der Waals surface area contributed by atoms with E-state index in [1.807, 2.05) is 23.9 Å². The van der Waals surface area contributed by atoms with Gasteiger partial charge in [-0.15, -0.1) is 0 Å². The van der Waals surface area contributed by atoms with Gasteiger partial charge in [0.25, 0.3) is 0 Å². The predicted molar refractivity (Wildman–Crippen MR) is 87.0 cm³/mol. The van der Waals surface area contributed by atoms with Crippen LogP contribution < -0.4 is 5.32 Å². The summed E-state index contributed by atoms with van der Waals surface area (Å²) in [7, 11) is 1.98. The summed E-state index contributed by atoms with van der Waals surface area (Å²) in [4.78, 5) is 0. The minimum Gasteiger partial charge on any atom is -0.305 e. The summed E-state index contributed by atoms with van der Waals surface area (Å²) in [6, 6.07) is 8.21. The summed E-state index contributed by atoms with van der Waals surface area (Å²) in [6.07, 6.45) is 0.932. The van der Waals surface area contributed by atoms with Crippen molar-refractivity contribution in [2.45, 2.75) is 32.9 Å². The Labute approximate surface area is 133 Å². The summed E-state index contributed by atoms with van der Waals surface area (Å²) >= 11 is 9.55. The van der Waals surface area contributed by atoms with Gasteiger partial charge >= 0.3 is 0 Å². The molecule has 1 heterocycles. The topological polar surface area (TPSA) is 29.9 Å². The maximum Gasteiger partial charge on any atom is 0.0767 e. The van der Waals surface area contributed by atoms with Crippen LogP contribution in [-0.2, 0) is 20.0 Å². The number of benzene rings is 1. The zero-order valence-electron chi connectivity index (χ0n) is 12.0. The molecule has 0 aliphatic heterocycles. The van der Waals surface area contributed by atoms with Crippen molar-refractivity contribution in [2.24, 2.45) is 7.05 Å². The van der Waals surface area contributed by atoms with Gasteiger partial charge in [0.2, 0.25) is 0 Å². The number of nitrogens with one attached hydrogen (secondary N) is 1. The molecule has 0 aliphatic rings. The van der Waals surface area contributed by atoms with Gasteiger partial charge in [-0.1, -0.05) is 30.7 Å². The Morgan fingerprint density at radius 3 is 2.55 bits per heavy atom. The smallest absolute Gasteiger partial charge is 0.0767 e. The van der Waals surface area contributed by atoms with Crippen molar-refractivity contribution in [1.29, 1.82) is 0 Å². The predicted octanol–water partition coefficient (Wildman–Crippen LogP) is 4.25. The van der Waals surface area contributed by atoms with Crippen LogP contribution in [0.25, 0.3) is 0 Å². The average molecular weight is 357 g/mol. The van der Waals surface area contributed by atoms with Gasteiger partial charge in [-0.05, 0) is 47.0 Å². The zero-order valence-corrected chi connectivity index (χ0v) is 14.3. The molecule has 0 spiro atoms. The molecule has 0 bridgehead atoms. The molecule has 1 aromatic carbocycles. The average Bonchev–Trinajstić information content (AvgIpc) is 2.71. The summed E-state index contributed by atoms with van der Waals surface area (Å²) in [6.45, 7) is 5.03. The van der Waals surface area contributed by atoms with Crippen LogP contribution in [0, 0.1) is 0 Å². The molecule has 1 aromatic heterocycles. The fraction of sp³-hybridized carbons (Fsp3) is 0.400. The van der Waals surface area contributed by atoms with Crippen LogP contribution in [0.3, 0.4) is 0 Å². The second-order valence-electron chi connectivity index (χ2n) is 4.84. The SMILES string of the molecule is CCc1nn(C)c(CNC(C)c2ccc(Cl)cc2)c1Br. The van der Waals surface area contributed by atoms with E-state index >= 15 is 0 Å². The number of hydrogen-bond donors (Lipinski definition) is 1. The van der Waals surface area contributed by atoms with Gasteiger partial charge in [0.05, 0.1) is 15.9 Å². The van der Waals surface area contributed by atoms with Gasteiger partial charge in [0, 0.05) is 24.7 Å². The Kier molecular flexibility index (Phi) is 5.24. The molecule has 108 valence electrons. The molecule has 1 unspecified atom stereocenters. The van der Waals surface area contributed by atoms with E-state index in [1.54, 1.807) is 0 Å². The van der Waals surface area contributed by atoms with Crippen LogP contribution >= 0.6 is 27.5 Å². The van der Waals surface area contributed by atoms with E-state index in [4.69, 9.17) is 11.6 Å². The van der Waals surface area contributed by atoms with Crippen LogP contribution in [0.2, 0.25) is 5.02 Å². The fourth-order valence-corrected chi connectivity index (χ4v) is 3.01. The zero-order chi connectivity index (χ0) is 14.7. The molecule has 0 saturated heterocycles. The Balaban J connectivity index is 2.05. The lowest BCUT2D eigenvalue weighted by atomic mass is 10.1. The Bertz CT molecular complexity index is 578. The second kappa shape index (κ2) is 6.74. The number of aromatic nitrogens is 2. The molecule has 2 rings (SSSR count). The van der Waals surface area contributed by atoms with Crippen LogP contribution in [0.1, 0.15) is 36.8 Å². The minimum atomic E-state index is 0.263. The highest BCUT2D eigenvalue weighted by atomic mass is 79.9. The number of hydrogen-bond acceptors (Lipinski definition) is 2. The maximum atomic E-state index is 5.91. The van der Waals surface area contributed by atoms with Crippen LogP contribution in [-0.4, -0.2) is 9.78 Å². The van der Waals surface area contributed by atoms with Gasteiger partial charge in [-0.3, -0.25) is 4.68 Å². The molecule has 2 aromatic rings. The highest BCUT2D eigenvalue weighted by molar-refractivity contribution is 9.10. The summed E-state index contributed by atoms with van der Waals surface area (Å²) < 4.78 is 3.04. The van der Waals surface area contributed by atoms with Crippen molar-refractivity contribution in [3.63, 3.8) is 0 Å². The van der Waals surface area contributed by atoms with Crippen molar-refractivity contribution in [2.75, 3.05) is 0 Å². The van der Waals surface area contributed by atoms with E-state index in [-0.39, 0.29) is 6.04 Å². The number of nitrogens with zero attached hydrogens (tertiary/aromatic N) is 2. The molecule has 20 heavy (non-hydrogen) atoms. The molecule has 0 aliphatic carbocycles. The Morgan fingerprint density at radius 1 is 1.35 bits per heavy atom. The first-order chi connectivity index (χ1) is 9.52. The lowest BCUT2D eigenvalue weighted by molar-refractivity contribution is 0.547. The molecular weight excluding hydrogens is 338 g/mol. The number of rotatable bonds is 5. The van der Waals surface area contributed by atoms with Crippen molar-refractivity contribution >= 4 is 27.5 Å². The molecule has 1 N–H and O–H groups in total. The molecule has 0 fully saturated rings. The van der Waals surface area contributed by atoms with Gasteiger partial charge in [0.15, 0.2) is 0 Å². The third-order valence-electron chi connectivity index (χ3n) is 3.45. The fourth-order valence-electron chi connectivity index (χ4n) is 2.13. The quantitative estimate of drug-likeness (QED) is 0.868. The standard InChI is InChI=1S/C15H19BrClN3/c1-4-13-15(16)14(20(3)19-13)9-18-10(2)11-5-7-12(17)8-6-11/h5-8,10,18H,4,9H2,1-3H3. The highest BCUT2D eigenvalue weighted by Crippen LogP contribution is 2.22. The van der Waals surface area contributed by atoms with E-state index in [1.165, 1.54) is 11.3 Å². The largest absolute Gasteiger partial charge is 0.305 e. The third kappa shape index (κ3) is 3.43. The lowest BCUT2D eigenvalue weighted by Crippen LogP contribution is -2.20. The van der Waals surface area contributed by atoms with Gasteiger partial charge in [0.1, 0.15) is 0 Å². The van der Waals surface area contributed by atoms with E-state index in [0.29, 0.717) is 0 Å². The van der Waals surface area contributed by atoms with Crippen molar-refractivity contribution in [3.8, 4) is 0 Å². The van der Waals surface area contributed by atoms with Crippen molar-refractivity contribution in [3.05, 3.63) is 50.7 Å². The van der Waals surface area contributed by atoms with Crippen LogP contribution in [0.4, 0.5) is 0 Å². The molecule has 0 radical (unpaired) electrons. The Hall–Kier alpha value is -0.840.